The molecule has 0 aliphatic heterocycles. The van der Waals surface area contributed by atoms with Gasteiger partial charge in [-0.3, -0.25) is 0 Å². The lowest BCUT2D eigenvalue weighted by molar-refractivity contribution is 0.0733. The Morgan fingerprint density at radius 2 is 1.03 bits per heavy atom. The maximum Gasteiger partial charge on any atom is 0.343 e. The van der Waals surface area contributed by atoms with E-state index in [0.29, 0.717) is 24.3 Å². The Kier molecular flexibility index (Phi) is 7.14. The van der Waals surface area contributed by atoms with Crippen LogP contribution in [0.1, 0.15) is 31.8 Å². The van der Waals surface area contributed by atoms with Crippen LogP contribution < -0.4 is 9.47 Å². The largest absolute Gasteiger partial charge is 0.423 e. The monoisotopic (exact) mass is 498 g/mol. The van der Waals surface area contributed by atoms with Gasteiger partial charge in [-0.05, 0) is 64.7 Å². The number of carbonyl (C=O) groups excluding carboxylic acids is 2. The van der Waals surface area contributed by atoms with Crippen LogP contribution in [0.2, 0.25) is 0 Å². The molecule has 0 fully saturated rings. The molecular formula is C34H26O4. The van der Waals surface area contributed by atoms with Crippen molar-refractivity contribution in [1.29, 1.82) is 0 Å². The molecule has 0 atom stereocenters. The topological polar surface area (TPSA) is 52.6 Å². The van der Waals surface area contributed by atoms with Crippen molar-refractivity contribution >= 4 is 33.5 Å². The molecule has 0 amide bonds. The number of rotatable bonds is 8. The van der Waals surface area contributed by atoms with E-state index in [1.807, 2.05) is 60.7 Å². The van der Waals surface area contributed by atoms with Gasteiger partial charge in [0.2, 0.25) is 0 Å². The third-order valence-electron chi connectivity index (χ3n) is 6.43. The Morgan fingerprint density at radius 3 is 1.47 bits per heavy atom. The molecule has 5 aromatic rings. The summed E-state index contributed by atoms with van der Waals surface area (Å²) >= 11 is 0. The van der Waals surface area contributed by atoms with E-state index < -0.39 is 11.9 Å². The van der Waals surface area contributed by atoms with Gasteiger partial charge in [-0.2, -0.15) is 0 Å². The van der Waals surface area contributed by atoms with Crippen LogP contribution in [0.25, 0.3) is 21.5 Å². The lowest BCUT2D eigenvalue weighted by Crippen LogP contribution is -2.14. The number of benzene rings is 5. The van der Waals surface area contributed by atoms with Gasteiger partial charge in [0.25, 0.3) is 0 Å². The molecule has 0 aromatic heterocycles. The van der Waals surface area contributed by atoms with Gasteiger partial charge in [-0.1, -0.05) is 78.9 Å². The maximum atomic E-state index is 13.1. The summed E-state index contributed by atoms with van der Waals surface area (Å²) in [5.74, 6) is -0.185. The fraction of sp³-hybridized carbons (Fsp3) is 0.0588. The zero-order valence-corrected chi connectivity index (χ0v) is 20.9. The predicted octanol–water partition coefficient (Wildman–Crippen LogP) is 7.89. The standard InChI is InChI=1S/C34H26O4/c1-3-10-29-27-16-7-5-12-23(27)18-20-31(29)37-33(35)25-14-9-15-26(22-25)34(36)38-32-21-19-24-13-6-8-17-28(24)30(32)11-4-2/h3-9,12-22H,1-2,10-11H2. The van der Waals surface area contributed by atoms with E-state index in [-0.39, 0.29) is 11.1 Å². The molecule has 0 radical (unpaired) electrons. The van der Waals surface area contributed by atoms with Crippen molar-refractivity contribution in [2.45, 2.75) is 12.8 Å². The SMILES string of the molecule is C=CCc1c(OC(=O)c2cccc(C(=O)Oc3ccc4ccccc4c3CC=C)c2)ccc2ccccc12. The van der Waals surface area contributed by atoms with Gasteiger partial charge in [0.05, 0.1) is 11.1 Å². The van der Waals surface area contributed by atoms with Crippen molar-refractivity contribution < 1.29 is 19.1 Å². The van der Waals surface area contributed by atoms with Gasteiger partial charge in [0, 0.05) is 11.1 Å². The second kappa shape index (κ2) is 11.0. The summed E-state index contributed by atoms with van der Waals surface area (Å²) in [7, 11) is 0. The molecule has 4 nitrogen and oxygen atoms in total. The molecule has 0 aliphatic rings. The maximum absolute atomic E-state index is 13.1. The lowest BCUT2D eigenvalue weighted by atomic mass is 10.0. The average Bonchev–Trinajstić information content (AvgIpc) is 2.95. The number of carbonyl (C=O) groups is 2. The molecule has 0 unspecified atom stereocenters. The van der Waals surface area contributed by atoms with Gasteiger partial charge in [-0.25, -0.2) is 9.59 Å². The first-order chi connectivity index (χ1) is 18.6. The van der Waals surface area contributed by atoms with Gasteiger partial charge in [0.15, 0.2) is 0 Å². The molecule has 0 saturated carbocycles. The van der Waals surface area contributed by atoms with Crippen LogP contribution in [-0.2, 0) is 12.8 Å². The number of hydrogen-bond donors (Lipinski definition) is 0. The van der Waals surface area contributed by atoms with Crippen LogP contribution in [0.5, 0.6) is 11.5 Å². The molecule has 0 spiro atoms. The van der Waals surface area contributed by atoms with Crippen molar-refractivity contribution in [2.24, 2.45) is 0 Å². The van der Waals surface area contributed by atoms with Gasteiger partial charge in [0.1, 0.15) is 11.5 Å². The minimum atomic E-state index is -0.557. The molecule has 0 aliphatic carbocycles. The molecule has 4 heteroatoms. The van der Waals surface area contributed by atoms with Crippen LogP contribution in [-0.4, -0.2) is 11.9 Å². The summed E-state index contributed by atoms with van der Waals surface area (Å²) in [5.41, 5.74) is 2.27. The van der Waals surface area contributed by atoms with Gasteiger partial charge >= 0.3 is 11.9 Å². The average molecular weight is 499 g/mol. The number of fused-ring (bicyclic) bond motifs is 2. The Morgan fingerprint density at radius 1 is 0.579 bits per heavy atom. The minimum Gasteiger partial charge on any atom is -0.423 e. The zero-order chi connectivity index (χ0) is 26.5. The first-order valence-electron chi connectivity index (χ1n) is 12.4. The highest BCUT2D eigenvalue weighted by atomic mass is 16.5. The first-order valence-corrected chi connectivity index (χ1v) is 12.4. The molecule has 5 aromatic carbocycles. The summed E-state index contributed by atoms with van der Waals surface area (Å²) < 4.78 is 11.6. The fourth-order valence-corrected chi connectivity index (χ4v) is 4.62. The smallest absolute Gasteiger partial charge is 0.343 e. The molecular weight excluding hydrogens is 472 g/mol. The Balaban J connectivity index is 1.40. The van der Waals surface area contributed by atoms with E-state index in [0.717, 1.165) is 32.7 Å². The molecule has 5 rings (SSSR count). The summed E-state index contributed by atoms with van der Waals surface area (Å²) in [6.07, 6.45) is 4.66. The van der Waals surface area contributed by atoms with E-state index in [9.17, 15) is 9.59 Å². The molecule has 0 saturated heterocycles. The zero-order valence-electron chi connectivity index (χ0n) is 20.9. The number of esters is 2. The first kappa shape index (κ1) is 24.7. The second-order valence-corrected chi connectivity index (χ2v) is 8.87. The highest BCUT2D eigenvalue weighted by molar-refractivity contribution is 5.98. The van der Waals surface area contributed by atoms with Crippen LogP contribution >= 0.6 is 0 Å². The van der Waals surface area contributed by atoms with Crippen molar-refractivity contribution in [2.75, 3.05) is 0 Å². The van der Waals surface area contributed by atoms with E-state index in [1.54, 1.807) is 42.5 Å². The van der Waals surface area contributed by atoms with Crippen molar-refractivity contribution in [1.82, 2.24) is 0 Å². The van der Waals surface area contributed by atoms with Crippen LogP contribution in [0, 0.1) is 0 Å². The summed E-state index contributed by atoms with van der Waals surface area (Å²) in [6, 6.07) is 29.6. The second-order valence-electron chi connectivity index (χ2n) is 8.87. The van der Waals surface area contributed by atoms with Crippen LogP contribution in [0.15, 0.2) is 122 Å². The summed E-state index contributed by atoms with van der Waals surface area (Å²) in [4.78, 5) is 26.2. The van der Waals surface area contributed by atoms with Crippen LogP contribution in [0.4, 0.5) is 0 Å². The van der Waals surface area contributed by atoms with E-state index in [4.69, 9.17) is 9.47 Å². The van der Waals surface area contributed by atoms with Crippen molar-refractivity contribution in [3.63, 3.8) is 0 Å². The van der Waals surface area contributed by atoms with E-state index in [2.05, 4.69) is 13.2 Å². The fourth-order valence-electron chi connectivity index (χ4n) is 4.62. The van der Waals surface area contributed by atoms with Crippen LogP contribution in [0.3, 0.4) is 0 Å². The lowest BCUT2D eigenvalue weighted by Gasteiger charge is -2.13. The Hall–Kier alpha value is -4.96. The third kappa shape index (κ3) is 4.97. The molecule has 0 heterocycles. The normalized spacial score (nSPS) is 10.7. The van der Waals surface area contributed by atoms with Gasteiger partial charge < -0.3 is 9.47 Å². The number of allylic oxidation sites excluding steroid dienone is 2. The molecule has 186 valence electrons. The van der Waals surface area contributed by atoms with Crippen molar-refractivity contribution in [3.8, 4) is 11.5 Å². The van der Waals surface area contributed by atoms with Crippen molar-refractivity contribution in [3.05, 3.63) is 145 Å². The van der Waals surface area contributed by atoms with Gasteiger partial charge in [-0.15, -0.1) is 13.2 Å². The highest BCUT2D eigenvalue weighted by Crippen LogP contribution is 2.31. The predicted molar refractivity (Wildman–Crippen MR) is 152 cm³/mol. The molecule has 38 heavy (non-hydrogen) atoms. The third-order valence-corrected chi connectivity index (χ3v) is 6.43. The molecule has 0 N–H and O–H groups in total. The quantitative estimate of drug-likeness (QED) is 0.124. The minimum absolute atomic E-state index is 0.252. The van der Waals surface area contributed by atoms with E-state index in [1.165, 1.54) is 6.07 Å². The number of ether oxygens (including phenoxy) is 2. The summed E-state index contributed by atoms with van der Waals surface area (Å²) in [5, 5.41) is 4.11. The number of hydrogen-bond acceptors (Lipinski definition) is 4. The Labute approximate surface area is 221 Å². The summed E-state index contributed by atoms with van der Waals surface area (Å²) in [6.45, 7) is 7.69. The highest BCUT2D eigenvalue weighted by Gasteiger charge is 2.18. The Bertz CT molecular complexity index is 1570. The van der Waals surface area contributed by atoms with E-state index >= 15 is 0 Å². The molecule has 0 bridgehead atoms.